The van der Waals surface area contributed by atoms with Crippen LogP contribution in [0, 0.1) is 11.8 Å². The highest BCUT2D eigenvalue weighted by atomic mass is 15.2. The van der Waals surface area contributed by atoms with Gasteiger partial charge in [0.1, 0.15) is 0 Å². The van der Waals surface area contributed by atoms with Crippen molar-refractivity contribution in [1.29, 1.82) is 0 Å². The summed E-state index contributed by atoms with van der Waals surface area (Å²) in [5.41, 5.74) is 1.27. The highest BCUT2D eigenvalue weighted by molar-refractivity contribution is 5.79. The van der Waals surface area contributed by atoms with E-state index in [0.717, 1.165) is 30.9 Å². The zero-order valence-corrected chi connectivity index (χ0v) is 15.2. The number of likely N-dealkylation sites (tertiary alicyclic amines) is 1. The Bertz CT molecular complexity index is 491. The summed E-state index contributed by atoms with van der Waals surface area (Å²) in [6.45, 7) is 10.1. The van der Waals surface area contributed by atoms with E-state index in [2.05, 4.69) is 57.4 Å². The van der Waals surface area contributed by atoms with Gasteiger partial charge in [-0.3, -0.25) is 4.99 Å². The van der Waals surface area contributed by atoms with E-state index in [-0.39, 0.29) is 0 Å². The fourth-order valence-electron chi connectivity index (χ4n) is 3.31. The monoisotopic (exact) mass is 319 g/mol. The molecule has 1 unspecified atom stereocenters. The molecule has 2 N–H and O–H groups in total. The second kappa shape index (κ2) is 8.96. The Balaban J connectivity index is 1.72. The van der Waals surface area contributed by atoms with Crippen molar-refractivity contribution in [2.75, 3.05) is 33.2 Å². The molecule has 0 spiro atoms. The van der Waals surface area contributed by atoms with Crippen LogP contribution in [0.1, 0.15) is 32.3 Å². The molecule has 1 fully saturated rings. The maximum absolute atomic E-state index is 4.34. The van der Waals surface area contributed by atoms with E-state index in [9.17, 15) is 0 Å². The fraction of sp³-hybridized carbons (Fsp3) is 0.722. The van der Waals surface area contributed by atoms with Crippen molar-refractivity contribution in [2.24, 2.45) is 23.9 Å². The predicted molar refractivity (Wildman–Crippen MR) is 97.6 cm³/mol. The fourth-order valence-corrected chi connectivity index (χ4v) is 3.31. The summed E-state index contributed by atoms with van der Waals surface area (Å²) in [7, 11) is 3.88. The summed E-state index contributed by atoms with van der Waals surface area (Å²) in [5, 5.41) is 6.89. The van der Waals surface area contributed by atoms with Gasteiger partial charge in [-0.1, -0.05) is 13.8 Å². The lowest BCUT2D eigenvalue weighted by molar-refractivity contribution is 0.159. The van der Waals surface area contributed by atoms with Crippen LogP contribution in [-0.2, 0) is 13.6 Å². The number of nitrogens with one attached hydrogen (secondary N) is 2. The smallest absolute Gasteiger partial charge is 0.191 e. The Morgan fingerprint density at radius 2 is 2.22 bits per heavy atom. The van der Waals surface area contributed by atoms with Crippen LogP contribution < -0.4 is 10.6 Å². The lowest BCUT2D eigenvalue weighted by Gasteiger charge is -2.34. The van der Waals surface area contributed by atoms with Gasteiger partial charge >= 0.3 is 0 Å². The number of aliphatic imine (C=N–C) groups is 1. The summed E-state index contributed by atoms with van der Waals surface area (Å²) >= 11 is 0. The molecule has 0 aliphatic carbocycles. The number of aryl methyl sites for hydroxylation is 1. The van der Waals surface area contributed by atoms with Crippen LogP contribution in [0.15, 0.2) is 23.5 Å². The first-order valence-electron chi connectivity index (χ1n) is 8.84. The molecule has 2 rings (SSSR count). The van der Waals surface area contributed by atoms with Gasteiger partial charge in [0.05, 0.1) is 0 Å². The molecule has 1 saturated heterocycles. The number of piperidine rings is 1. The van der Waals surface area contributed by atoms with Crippen LogP contribution >= 0.6 is 0 Å². The molecular weight excluding hydrogens is 286 g/mol. The van der Waals surface area contributed by atoms with Crippen molar-refractivity contribution in [1.82, 2.24) is 20.1 Å². The Labute approximate surface area is 141 Å². The molecule has 1 aliphatic heterocycles. The Morgan fingerprint density at radius 3 is 2.87 bits per heavy atom. The summed E-state index contributed by atoms with van der Waals surface area (Å²) in [4.78, 5) is 6.95. The summed E-state index contributed by atoms with van der Waals surface area (Å²) < 4.78 is 2.07. The van der Waals surface area contributed by atoms with Crippen molar-refractivity contribution in [3.8, 4) is 0 Å². The molecule has 0 radical (unpaired) electrons. The van der Waals surface area contributed by atoms with Gasteiger partial charge in [-0.25, -0.2) is 0 Å². The SMILES string of the molecule is CN=C(NCc1ccn(C)c1)NCC1CCCN(CC(C)C)C1. The topological polar surface area (TPSA) is 44.6 Å². The Kier molecular flexibility index (Phi) is 6.96. The first-order valence-corrected chi connectivity index (χ1v) is 8.84. The van der Waals surface area contributed by atoms with E-state index in [0.29, 0.717) is 0 Å². The van der Waals surface area contributed by atoms with E-state index in [4.69, 9.17) is 0 Å². The van der Waals surface area contributed by atoms with Crippen LogP contribution in [0.3, 0.4) is 0 Å². The number of hydrogen-bond acceptors (Lipinski definition) is 2. The molecule has 0 amide bonds. The summed E-state index contributed by atoms with van der Waals surface area (Å²) in [6.07, 6.45) is 6.83. The molecular formula is C18H33N5. The van der Waals surface area contributed by atoms with Crippen LogP contribution in [0.2, 0.25) is 0 Å². The van der Waals surface area contributed by atoms with E-state index < -0.39 is 0 Å². The number of aromatic nitrogens is 1. The maximum Gasteiger partial charge on any atom is 0.191 e. The van der Waals surface area contributed by atoms with Gasteiger partial charge in [0, 0.05) is 52.7 Å². The molecule has 130 valence electrons. The minimum atomic E-state index is 0.720. The van der Waals surface area contributed by atoms with Crippen molar-refractivity contribution in [2.45, 2.75) is 33.2 Å². The van der Waals surface area contributed by atoms with Crippen LogP contribution in [0.4, 0.5) is 0 Å². The van der Waals surface area contributed by atoms with E-state index in [1.165, 1.54) is 38.0 Å². The minimum Gasteiger partial charge on any atom is -0.357 e. The number of nitrogens with zero attached hydrogens (tertiary/aromatic N) is 3. The maximum atomic E-state index is 4.34. The zero-order chi connectivity index (χ0) is 16.7. The zero-order valence-electron chi connectivity index (χ0n) is 15.2. The van der Waals surface area contributed by atoms with Crippen molar-refractivity contribution < 1.29 is 0 Å². The quantitative estimate of drug-likeness (QED) is 0.623. The predicted octanol–water partition coefficient (Wildman–Crippen LogP) is 2.06. The number of hydrogen-bond donors (Lipinski definition) is 2. The summed E-state index contributed by atoms with van der Waals surface area (Å²) in [5.74, 6) is 2.37. The van der Waals surface area contributed by atoms with E-state index in [1.54, 1.807) is 0 Å². The minimum absolute atomic E-state index is 0.720. The molecule has 0 bridgehead atoms. The van der Waals surface area contributed by atoms with Crippen LogP contribution in [-0.4, -0.2) is 48.7 Å². The van der Waals surface area contributed by atoms with Crippen molar-refractivity contribution in [3.05, 3.63) is 24.0 Å². The largest absolute Gasteiger partial charge is 0.357 e. The molecule has 2 heterocycles. The lowest BCUT2D eigenvalue weighted by Crippen LogP contribution is -2.44. The standard InChI is InChI=1S/C18H33N5/c1-15(2)12-23-8-5-6-16(14-23)10-20-18(19-3)21-11-17-7-9-22(4)13-17/h7,9,13,15-16H,5-6,8,10-12,14H2,1-4H3,(H2,19,20,21). The third-order valence-corrected chi connectivity index (χ3v) is 4.36. The molecule has 1 aliphatic rings. The van der Waals surface area contributed by atoms with Gasteiger partial charge < -0.3 is 20.1 Å². The van der Waals surface area contributed by atoms with E-state index in [1.807, 2.05) is 14.1 Å². The average molecular weight is 319 g/mol. The number of guanidine groups is 1. The highest BCUT2D eigenvalue weighted by Gasteiger charge is 2.20. The molecule has 1 aromatic heterocycles. The molecule has 1 aromatic rings. The summed E-state index contributed by atoms with van der Waals surface area (Å²) in [6, 6.07) is 2.13. The van der Waals surface area contributed by atoms with E-state index >= 15 is 0 Å². The van der Waals surface area contributed by atoms with Crippen molar-refractivity contribution in [3.63, 3.8) is 0 Å². The van der Waals surface area contributed by atoms with Gasteiger partial charge in [0.15, 0.2) is 5.96 Å². The van der Waals surface area contributed by atoms with Crippen molar-refractivity contribution >= 4 is 5.96 Å². The molecule has 1 atom stereocenters. The lowest BCUT2D eigenvalue weighted by atomic mass is 9.97. The van der Waals surface area contributed by atoms with Gasteiger partial charge in [-0.05, 0) is 42.9 Å². The van der Waals surface area contributed by atoms with Gasteiger partial charge in [0.25, 0.3) is 0 Å². The second-order valence-corrected chi connectivity index (χ2v) is 7.15. The molecule has 0 saturated carbocycles. The Hall–Kier alpha value is -1.49. The molecule has 5 nitrogen and oxygen atoms in total. The second-order valence-electron chi connectivity index (χ2n) is 7.15. The molecule has 0 aromatic carbocycles. The molecule has 5 heteroatoms. The molecule has 23 heavy (non-hydrogen) atoms. The average Bonchev–Trinajstić information content (AvgIpc) is 2.93. The van der Waals surface area contributed by atoms with Crippen LogP contribution in [0.5, 0.6) is 0 Å². The van der Waals surface area contributed by atoms with Crippen LogP contribution in [0.25, 0.3) is 0 Å². The van der Waals surface area contributed by atoms with Gasteiger partial charge in [-0.2, -0.15) is 0 Å². The highest BCUT2D eigenvalue weighted by Crippen LogP contribution is 2.16. The third kappa shape index (κ3) is 6.26. The first kappa shape index (κ1) is 17.9. The normalized spacial score (nSPS) is 20.0. The third-order valence-electron chi connectivity index (χ3n) is 4.36. The Morgan fingerprint density at radius 1 is 1.39 bits per heavy atom. The van der Waals surface area contributed by atoms with Gasteiger partial charge in [-0.15, -0.1) is 0 Å². The van der Waals surface area contributed by atoms with Gasteiger partial charge in [0.2, 0.25) is 0 Å². The first-order chi connectivity index (χ1) is 11.1. The number of rotatable bonds is 6.